The Morgan fingerprint density at radius 2 is 1.68 bits per heavy atom. The molecule has 4 heteroatoms. The number of benzene rings is 2. The molecule has 114 valence electrons. The highest BCUT2D eigenvalue weighted by molar-refractivity contribution is 6.30. The van der Waals surface area contributed by atoms with Gasteiger partial charge in [0, 0.05) is 17.1 Å². The molecule has 1 aromatic heterocycles. The van der Waals surface area contributed by atoms with Crippen molar-refractivity contribution in [2.75, 3.05) is 0 Å². The second-order valence-electron chi connectivity index (χ2n) is 4.87. The van der Waals surface area contributed by atoms with Crippen LogP contribution < -0.4 is 5.32 Å². The van der Waals surface area contributed by atoms with Gasteiger partial charge in [0.15, 0.2) is 0 Å². The lowest BCUT2D eigenvalue weighted by Gasteiger charge is -2.03. The van der Waals surface area contributed by atoms with Crippen LogP contribution in [0.1, 0.15) is 11.3 Å². The second-order valence-corrected chi connectivity index (χ2v) is 5.30. The lowest BCUT2D eigenvalue weighted by atomic mass is 10.2. The Kier molecular flexibility index (Phi) is 6.08. The molecule has 0 radical (unpaired) electrons. The molecule has 2 nitrogen and oxygen atoms in total. The number of nitrogens with one attached hydrogen (secondary N) is 1. The highest BCUT2D eigenvalue weighted by Crippen LogP contribution is 2.24. The van der Waals surface area contributed by atoms with E-state index in [2.05, 4.69) is 17.4 Å². The molecule has 0 saturated carbocycles. The molecule has 0 aliphatic rings. The average molecular weight is 334 g/mol. The molecule has 3 rings (SSSR count). The van der Waals surface area contributed by atoms with E-state index in [1.165, 1.54) is 5.56 Å². The molecule has 0 unspecified atom stereocenters. The molecule has 22 heavy (non-hydrogen) atoms. The van der Waals surface area contributed by atoms with Crippen molar-refractivity contribution in [2.24, 2.45) is 0 Å². The first kappa shape index (κ1) is 16.6. The van der Waals surface area contributed by atoms with E-state index in [9.17, 15) is 0 Å². The Morgan fingerprint density at radius 3 is 2.45 bits per heavy atom. The minimum Gasteiger partial charge on any atom is -0.460 e. The van der Waals surface area contributed by atoms with Crippen molar-refractivity contribution in [3.63, 3.8) is 0 Å². The van der Waals surface area contributed by atoms with Gasteiger partial charge in [0.2, 0.25) is 0 Å². The first-order valence-electron chi connectivity index (χ1n) is 6.90. The van der Waals surface area contributed by atoms with Crippen LogP contribution in [0.4, 0.5) is 0 Å². The topological polar surface area (TPSA) is 25.2 Å². The molecule has 0 amide bonds. The second kappa shape index (κ2) is 8.04. The summed E-state index contributed by atoms with van der Waals surface area (Å²) < 4.78 is 5.84. The predicted octanol–water partition coefficient (Wildman–Crippen LogP) is 5.31. The van der Waals surface area contributed by atoms with Crippen LogP contribution in [-0.2, 0) is 13.1 Å². The van der Waals surface area contributed by atoms with Gasteiger partial charge in [0.1, 0.15) is 11.5 Å². The average Bonchev–Trinajstić information content (AvgIpc) is 2.97. The third-order valence-electron chi connectivity index (χ3n) is 3.24. The molecule has 0 aliphatic carbocycles. The third-order valence-corrected chi connectivity index (χ3v) is 3.48. The van der Waals surface area contributed by atoms with Gasteiger partial charge >= 0.3 is 0 Å². The zero-order valence-corrected chi connectivity index (χ0v) is 13.5. The first-order valence-corrected chi connectivity index (χ1v) is 7.28. The summed E-state index contributed by atoms with van der Waals surface area (Å²) in [6, 6.07) is 22.0. The van der Waals surface area contributed by atoms with Crippen LogP contribution in [0.3, 0.4) is 0 Å². The Hall–Kier alpha value is -1.74. The lowest BCUT2D eigenvalue weighted by Crippen LogP contribution is -2.11. The summed E-state index contributed by atoms with van der Waals surface area (Å²) in [5.74, 6) is 1.76. The first-order chi connectivity index (χ1) is 10.3. The standard InChI is InChI=1S/C18H16ClNO.ClH/c19-16-8-4-7-15(11-16)18-10-9-17(21-18)13-20-12-14-5-2-1-3-6-14;/h1-11,20H,12-13H2;1H. The van der Waals surface area contributed by atoms with E-state index in [4.69, 9.17) is 16.0 Å². The fourth-order valence-corrected chi connectivity index (χ4v) is 2.39. The van der Waals surface area contributed by atoms with Crippen LogP contribution in [-0.4, -0.2) is 0 Å². The molecular weight excluding hydrogens is 317 g/mol. The molecule has 0 bridgehead atoms. The summed E-state index contributed by atoms with van der Waals surface area (Å²) in [4.78, 5) is 0. The van der Waals surface area contributed by atoms with Crippen molar-refractivity contribution in [1.29, 1.82) is 0 Å². The molecule has 2 aromatic carbocycles. The molecule has 1 heterocycles. The van der Waals surface area contributed by atoms with Gasteiger partial charge in [0.25, 0.3) is 0 Å². The quantitative estimate of drug-likeness (QED) is 0.684. The van der Waals surface area contributed by atoms with Gasteiger partial charge in [-0.25, -0.2) is 0 Å². The highest BCUT2D eigenvalue weighted by atomic mass is 35.5. The summed E-state index contributed by atoms with van der Waals surface area (Å²) in [6.45, 7) is 1.53. The molecule has 3 aromatic rings. The number of hydrogen-bond acceptors (Lipinski definition) is 2. The van der Waals surface area contributed by atoms with E-state index in [0.29, 0.717) is 11.6 Å². The number of rotatable bonds is 5. The molecule has 0 aliphatic heterocycles. The predicted molar refractivity (Wildman–Crippen MR) is 93.4 cm³/mol. The van der Waals surface area contributed by atoms with E-state index in [1.54, 1.807) is 0 Å². The van der Waals surface area contributed by atoms with Gasteiger partial charge in [-0.2, -0.15) is 0 Å². The van der Waals surface area contributed by atoms with E-state index >= 15 is 0 Å². The van der Waals surface area contributed by atoms with Crippen molar-refractivity contribution in [3.05, 3.63) is 83.1 Å². The highest BCUT2D eigenvalue weighted by Gasteiger charge is 2.05. The van der Waals surface area contributed by atoms with Crippen molar-refractivity contribution < 1.29 is 4.42 Å². The molecule has 0 spiro atoms. The summed E-state index contributed by atoms with van der Waals surface area (Å²) in [7, 11) is 0. The maximum absolute atomic E-state index is 6.00. The Morgan fingerprint density at radius 1 is 0.864 bits per heavy atom. The zero-order chi connectivity index (χ0) is 14.5. The fraction of sp³-hybridized carbons (Fsp3) is 0.111. The number of halogens is 2. The fourth-order valence-electron chi connectivity index (χ4n) is 2.20. The van der Waals surface area contributed by atoms with Gasteiger partial charge < -0.3 is 9.73 Å². The monoisotopic (exact) mass is 333 g/mol. The van der Waals surface area contributed by atoms with Crippen LogP contribution in [0.15, 0.2) is 71.1 Å². The van der Waals surface area contributed by atoms with Crippen molar-refractivity contribution in [1.82, 2.24) is 5.32 Å². The maximum atomic E-state index is 6.00. The summed E-state index contributed by atoms with van der Waals surface area (Å²) in [6.07, 6.45) is 0. The third kappa shape index (κ3) is 4.38. The number of furan rings is 1. The maximum Gasteiger partial charge on any atom is 0.134 e. The Bertz CT molecular complexity index is 710. The molecule has 1 N–H and O–H groups in total. The molecular formula is C18H17Cl2NO. The van der Waals surface area contributed by atoms with Gasteiger partial charge in [-0.3, -0.25) is 0 Å². The minimum absolute atomic E-state index is 0. The van der Waals surface area contributed by atoms with E-state index in [1.807, 2.05) is 54.6 Å². The van der Waals surface area contributed by atoms with Gasteiger partial charge in [-0.15, -0.1) is 12.4 Å². The SMILES string of the molecule is Cl.Clc1cccc(-c2ccc(CNCc3ccccc3)o2)c1. The van der Waals surface area contributed by atoms with Gasteiger partial charge in [0.05, 0.1) is 6.54 Å². The van der Waals surface area contributed by atoms with Gasteiger partial charge in [-0.1, -0.05) is 54.1 Å². The largest absolute Gasteiger partial charge is 0.460 e. The molecule has 0 fully saturated rings. The van der Waals surface area contributed by atoms with E-state index < -0.39 is 0 Å². The van der Waals surface area contributed by atoms with Crippen molar-refractivity contribution in [2.45, 2.75) is 13.1 Å². The number of hydrogen-bond donors (Lipinski definition) is 1. The zero-order valence-electron chi connectivity index (χ0n) is 12.0. The van der Waals surface area contributed by atoms with Crippen LogP contribution in [0, 0.1) is 0 Å². The summed E-state index contributed by atoms with van der Waals surface area (Å²) in [5.41, 5.74) is 2.26. The molecule has 0 atom stereocenters. The normalized spacial score (nSPS) is 10.2. The van der Waals surface area contributed by atoms with Crippen molar-refractivity contribution in [3.8, 4) is 11.3 Å². The smallest absolute Gasteiger partial charge is 0.134 e. The Labute approximate surface area is 141 Å². The van der Waals surface area contributed by atoms with Crippen LogP contribution >= 0.6 is 24.0 Å². The van der Waals surface area contributed by atoms with Crippen LogP contribution in [0.5, 0.6) is 0 Å². The summed E-state index contributed by atoms with van der Waals surface area (Å²) in [5, 5.41) is 4.09. The Balaban J connectivity index is 0.00000176. The van der Waals surface area contributed by atoms with E-state index in [-0.39, 0.29) is 12.4 Å². The van der Waals surface area contributed by atoms with Gasteiger partial charge in [-0.05, 0) is 29.8 Å². The van der Waals surface area contributed by atoms with Crippen LogP contribution in [0.25, 0.3) is 11.3 Å². The summed E-state index contributed by atoms with van der Waals surface area (Å²) >= 11 is 6.00. The molecule has 0 saturated heterocycles. The van der Waals surface area contributed by atoms with Crippen LogP contribution in [0.2, 0.25) is 5.02 Å². The minimum atomic E-state index is 0. The lowest BCUT2D eigenvalue weighted by molar-refractivity contribution is 0.493. The van der Waals surface area contributed by atoms with E-state index in [0.717, 1.165) is 23.6 Å². The van der Waals surface area contributed by atoms with Crippen molar-refractivity contribution >= 4 is 24.0 Å².